The first-order valence-electron chi connectivity index (χ1n) is 5.88. The summed E-state index contributed by atoms with van der Waals surface area (Å²) in [6.07, 6.45) is 6.06. The lowest BCUT2D eigenvalue weighted by Crippen LogP contribution is -2.18. The zero-order valence-electron chi connectivity index (χ0n) is 12.2. The van der Waals surface area contributed by atoms with Crippen molar-refractivity contribution in [3.8, 4) is 0 Å². The molecule has 8 heteroatoms. The van der Waals surface area contributed by atoms with Gasteiger partial charge >= 0.3 is 11.9 Å². The van der Waals surface area contributed by atoms with Crippen LogP contribution in [0.2, 0.25) is 0 Å². The molecular formula is C13H19NO6S. The van der Waals surface area contributed by atoms with E-state index in [4.69, 9.17) is 4.74 Å². The number of ether oxygens (including phenoxy) is 2. The normalized spacial score (nSPS) is 12.0. The van der Waals surface area contributed by atoms with Crippen molar-refractivity contribution in [3.63, 3.8) is 0 Å². The van der Waals surface area contributed by atoms with Gasteiger partial charge in [0.2, 0.25) is 0 Å². The Hall–Kier alpha value is -2.09. The highest BCUT2D eigenvalue weighted by atomic mass is 32.2. The van der Waals surface area contributed by atoms with Crippen LogP contribution in [0.15, 0.2) is 35.9 Å². The van der Waals surface area contributed by atoms with E-state index < -0.39 is 26.7 Å². The zero-order chi connectivity index (χ0) is 16.5. The van der Waals surface area contributed by atoms with Crippen LogP contribution in [0.5, 0.6) is 0 Å². The molecule has 0 unspecified atom stereocenters. The van der Waals surface area contributed by atoms with E-state index >= 15 is 0 Å². The van der Waals surface area contributed by atoms with Crippen LogP contribution in [0.3, 0.4) is 0 Å². The Labute approximate surface area is 124 Å². The van der Waals surface area contributed by atoms with Crippen LogP contribution >= 0.6 is 0 Å². The number of carbonyl (C=O) groups is 2. The molecule has 0 fully saturated rings. The molecule has 0 radical (unpaired) electrons. The second-order valence-corrected chi connectivity index (χ2v) is 5.97. The Morgan fingerprint density at radius 3 is 2.43 bits per heavy atom. The summed E-state index contributed by atoms with van der Waals surface area (Å²) in [6.45, 7) is 3.82. The molecule has 0 saturated carbocycles. The van der Waals surface area contributed by atoms with Crippen LogP contribution in [0, 0.1) is 0 Å². The van der Waals surface area contributed by atoms with E-state index in [1.54, 1.807) is 11.9 Å². The molecule has 0 bridgehead atoms. The SMILES string of the molecule is C=CC(=O)OCCN(C)/C=C/C=C(\C(=O)OC)S(C)(=O)=O. The lowest BCUT2D eigenvalue weighted by Gasteiger charge is -2.12. The Kier molecular flexibility index (Phi) is 8.07. The van der Waals surface area contributed by atoms with E-state index in [0.29, 0.717) is 6.54 Å². The molecular weight excluding hydrogens is 298 g/mol. The lowest BCUT2D eigenvalue weighted by atomic mass is 10.4. The maximum absolute atomic E-state index is 11.4. The first-order valence-corrected chi connectivity index (χ1v) is 7.77. The minimum Gasteiger partial charge on any atom is -0.465 e. The number of hydrogen-bond donors (Lipinski definition) is 0. The van der Waals surface area contributed by atoms with Crippen molar-refractivity contribution in [3.05, 3.63) is 35.9 Å². The quantitative estimate of drug-likeness (QED) is 0.360. The third-order valence-electron chi connectivity index (χ3n) is 2.23. The van der Waals surface area contributed by atoms with Crippen molar-refractivity contribution in [2.45, 2.75) is 0 Å². The fourth-order valence-corrected chi connectivity index (χ4v) is 1.86. The summed E-state index contributed by atoms with van der Waals surface area (Å²) >= 11 is 0. The number of carbonyl (C=O) groups excluding carboxylic acids is 2. The van der Waals surface area contributed by atoms with E-state index in [-0.39, 0.29) is 6.61 Å². The molecule has 7 nitrogen and oxygen atoms in total. The molecule has 0 N–H and O–H groups in total. The van der Waals surface area contributed by atoms with E-state index in [1.165, 1.54) is 12.3 Å². The summed E-state index contributed by atoms with van der Waals surface area (Å²) in [5, 5.41) is 0. The number of esters is 2. The Bertz CT molecular complexity index is 547. The highest BCUT2D eigenvalue weighted by molar-refractivity contribution is 7.95. The van der Waals surface area contributed by atoms with Crippen molar-refractivity contribution in [2.24, 2.45) is 0 Å². The molecule has 0 aromatic heterocycles. The van der Waals surface area contributed by atoms with Gasteiger partial charge in [0.05, 0.1) is 13.7 Å². The zero-order valence-corrected chi connectivity index (χ0v) is 13.1. The molecule has 0 aliphatic carbocycles. The monoisotopic (exact) mass is 317 g/mol. The van der Waals surface area contributed by atoms with Crippen molar-refractivity contribution >= 4 is 21.8 Å². The summed E-state index contributed by atoms with van der Waals surface area (Å²) < 4.78 is 32.0. The first-order chi connectivity index (χ1) is 9.72. The van der Waals surface area contributed by atoms with Gasteiger partial charge in [0.25, 0.3) is 0 Å². The molecule has 0 rings (SSSR count). The number of allylic oxidation sites excluding steroid dienone is 2. The van der Waals surface area contributed by atoms with E-state index in [1.807, 2.05) is 0 Å². The predicted molar refractivity (Wildman–Crippen MR) is 77.9 cm³/mol. The van der Waals surface area contributed by atoms with Crippen molar-refractivity contribution in [2.75, 3.05) is 33.6 Å². The maximum atomic E-state index is 11.4. The van der Waals surface area contributed by atoms with Gasteiger partial charge in [-0.05, 0) is 18.4 Å². The first kappa shape index (κ1) is 18.9. The molecule has 118 valence electrons. The van der Waals surface area contributed by atoms with Gasteiger partial charge in [-0.3, -0.25) is 0 Å². The number of rotatable bonds is 8. The van der Waals surface area contributed by atoms with Gasteiger partial charge in [-0.25, -0.2) is 18.0 Å². The van der Waals surface area contributed by atoms with Crippen LogP contribution in [0.1, 0.15) is 0 Å². The number of methoxy groups -OCH3 is 1. The van der Waals surface area contributed by atoms with E-state index in [0.717, 1.165) is 25.5 Å². The van der Waals surface area contributed by atoms with Gasteiger partial charge in [-0.2, -0.15) is 0 Å². The lowest BCUT2D eigenvalue weighted by molar-refractivity contribution is -0.138. The van der Waals surface area contributed by atoms with Crippen LogP contribution in [-0.2, 0) is 28.9 Å². The van der Waals surface area contributed by atoms with Crippen molar-refractivity contribution in [1.82, 2.24) is 4.90 Å². The number of hydrogen-bond acceptors (Lipinski definition) is 7. The average molecular weight is 317 g/mol. The number of sulfone groups is 1. The third-order valence-corrected chi connectivity index (χ3v) is 3.33. The third kappa shape index (κ3) is 7.93. The highest BCUT2D eigenvalue weighted by Gasteiger charge is 2.19. The smallest absolute Gasteiger partial charge is 0.349 e. The van der Waals surface area contributed by atoms with Crippen molar-refractivity contribution < 1.29 is 27.5 Å². The predicted octanol–water partition coefficient (Wildman–Crippen LogP) is 0.263. The summed E-state index contributed by atoms with van der Waals surface area (Å²) in [5.41, 5.74) is 0. The molecule has 0 aromatic rings. The fourth-order valence-electron chi connectivity index (χ4n) is 1.14. The Morgan fingerprint density at radius 2 is 1.95 bits per heavy atom. The minimum atomic E-state index is -3.67. The fraction of sp³-hybridized carbons (Fsp3) is 0.385. The van der Waals surface area contributed by atoms with Crippen LogP contribution in [0.25, 0.3) is 0 Å². The average Bonchev–Trinajstić information content (AvgIpc) is 2.41. The second kappa shape index (κ2) is 8.96. The Balaban J connectivity index is 4.63. The van der Waals surface area contributed by atoms with Gasteiger partial charge in [0.15, 0.2) is 14.7 Å². The Morgan fingerprint density at radius 1 is 1.33 bits per heavy atom. The largest absolute Gasteiger partial charge is 0.465 e. The van der Waals surface area contributed by atoms with E-state index in [9.17, 15) is 18.0 Å². The molecule has 0 aromatic carbocycles. The molecule has 21 heavy (non-hydrogen) atoms. The topological polar surface area (TPSA) is 90.0 Å². The molecule has 0 aliphatic rings. The van der Waals surface area contributed by atoms with Crippen molar-refractivity contribution in [1.29, 1.82) is 0 Å². The second-order valence-electron chi connectivity index (χ2n) is 3.99. The molecule has 0 saturated heterocycles. The highest BCUT2D eigenvalue weighted by Crippen LogP contribution is 2.07. The molecule has 0 heterocycles. The van der Waals surface area contributed by atoms with Gasteiger partial charge in [-0.15, -0.1) is 0 Å². The summed E-state index contributed by atoms with van der Waals surface area (Å²) in [7, 11) is -0.868. The summed E-state index contributed by atoms with van der Waals surface area (Å²) in [6, 6.07) is 0. The number of nitrogens with zero attached hydrogens (tertiary/aromatic N) is 1. The molecule has 0 aliphatic heterocycles. The van der Waals surface area contributed by atoms with E-state index in [2.05, 4.69) is 11.3 Å². The summed E-state index contributed by atoms with van der Waals surface area (Å²) in [5.74, 6) is -1.44. The van der Waals surface area contributed by atoms with Crippen LogP contribution < -0.4 is 0 Å². The minimum absolute atomic E-state index is 0.158. The summed E-state index contributed by atoms with van der Waals surface area (Å²) in [4.78, 5) is 23.4. The van der Waals surface area contributed by atoms with Crippen LogP contribution in [-0.4, -0.2) is 58.8 Å². The standard InChI is InChI=1S/C13H19NO6S/c1-5-12(15)20-10-9-14(2)8-6-7-11(13(16)19-3)21(4,17)18/h5-8H,1,9-10H2,2-4H3/b8-6+,11-7+. The number of likely N-dealkylation sites (N-methyl/N-ethyl adjacent to an activating group) is 1. The maximum Gasteiger partial charge on any atom is 0.349 e. The molecule has 0 amide bonds. The van der Waals surface area contributed by atoms with Gasteiger partial charge in [-0.1, -0.05) is 6.58 Å². The molecule has 0 spiro atoms. The van der Waals surface area contributed by atoms with Crippen LogP contribution in [0.4, 0.5) is 0 Å². The molecule has 0 atom stereocenters. The van der Waals surface area contributed by atoms with Gasteiger partial charge in [0.1, 0.15) is 6.61 Å². The van der Waals surface area contributed by atoms with Gasteiger partial charge < -0.3 is 14.4 Å². The van der Waals surface area contributed by atoms with Gasteiger partial charge in [0, 0.05) is 19.4 Å².